The lowest BCUT2D eigenvalue weighted by molar-refractivity contribution is -0.140. The van der Waals surface area contributed by atoms with E-state index in [1.54, 1.807) is 0 Å². The van der Waals surface area contributed by atoms with E-state index in [2.05, 4.69) is 4.98 Å². The number of likely N-dealkylation sites (tertiary alicyclic amines) is 1. The predicted molar refractivity (Wildman–Crippen MR) is 99.6 cm³/mol. The molecule has 3 heterocycles. The van der Waals surface area contributed by atoms with Crippen LogP contribution in [0.3, 0.4) is 0 Å². The molecule has 1 aromatic carbocycles. The Balaban J connectivity index is 1.65. The number of rotatable bonds is 2. The van der Waals surface area contributed by atoms with E-state index in [4.69, 9.17) is 5.73 Å². The Morgan fingerprint density at radius 1 is 1.16 bits per heavy atom. The summed E-state index contributed by atoms with van der Waals surface area (Å²) in [5.41, 5.74) is 7.62. The number of nitrogen functional groups attached to an aromatic ring is 1. The third-order valence-electron chi connectivity index (χ3n) is 5.30. The maximum absolute atomic E-state index is 13.1. The molecule has 4 rings (SSSR count). The molecule has 1 amide bonds. The van der Waals surface area contributed by atoms with Gasteiger partial charge in [-0.2, -0.15) is 0 Å². The van der Waals surface area contributed by atoms with Gasteiger partial charge in [-0.05, 0) is 32.3 Å². The van der Waals surface area contributed by atoms with Gasteiger partial charge in [0.15, 0.2) is 0 Å². The van der Waals surface area contributed by atoms with Crippen molar-refractivity contribution < 1.29 is 4.79 Å². The fourth-order valence-electron chi connectivity index (χ4n) is 3.82. The van der Waals surface area contributed by atoms with Crippen molar-refractivity contribution in [3.05, 3.63) is 42.2 Å². The van der Waals surface area contributed by atoms with Gasteiger partial charge in [0.25, 0.3) is 0 Å². The number of hydrogen-bond acceptors (Lipinski definition) is 3. The van der Waals surface area contributed by atoms with Crippen molar-refractivity contribution in [1.29, 1.82) is 0 Å². The average Bonchev–Trinajstić information content (AvgIpc) is 2.98. The number of nitrogens with zero attached hydrogens (tertiary/aromatic N) is 3. The summed E-state index contributed by atoms with van der Waals surface area (Å²) in [5, 5.41) is 0. The van der Waals surface area contributed by atoms with Crippen molar-refractivity contribution in [2.24, 2.45) is 5.41 Å². The monoisotopic (exact) mass is 336 g/mol. The molecule has 25 heavy (non-hydrogen) atoms. The van der Waals surface area contributed by atoms with E-state index in [0.717, 1.165) is 43.0 Å². The lowest BCUT2D eigenvalue weighted by Crippen LogP contribution is -2.46. The third-order valence-corrected chi connectivity index (χ3v) is 5.30. The van der Waals surface area contributed by atoms with Crippen LogP contribution in [0.25, 0.3) is 17.3 Å². The van der Waals surface area contributed by atoms with Gasteiger partial charge < -0.3 is 15.2 Å². The van der Waals surface area contributed by atoms with Crippen molar-refractivity contribution in [3.8, 4) is 11.3 Å². The molecule has 5 nitrogen and oxygen atoms in total. The molecule has 2 N–H and O–H groups in total. The molecule has 1 unspecified atom stereocenters. The number of fused-ring (bicyclic) bond motifs is 1. The molecular weight excluding hydrogens is 312 g/mol. The van der Waals surface area contributed by atoms with Gasteiger partial charge in [-0.3, -0.25) is 4.79 Å². The number of hydrogen-bond donors (Lipinski definition) is 1. The van der Waals surface area contributed by atoms with Crippen LogP contribution in [0.4, 0.5) is 5.82 Å². The molecule has 130 valence electrons. The first-order valence-corrected chi connectivity index (χ1v) is 8.98. The summed E-state index contributed by atoms with van der Waals surface area (Å²) in [5.74, 6) is 1.65. The number of nitrogens with two attached hydrogens (primary N) is 1. The number of benzene rings is 1. The quantitative estimate of drug-likeness (QED) is 0.916. The topological polar surface area (TPSA) is 64.2 Å². The molecule has 0 radical (unpaired) electrons. The summed E-state index contributed by atoms with van der Waals surface area (Å²) >= 11 is 0. The van der Waals surface area contributed by atoms with E-state index in [1.165, 1.54) is 6.42 Å². The fourth-order valence-corrected chi connectivity index (χ4v) is 3.82. The Hall–Kier alpha value is -2.56. The van der Waals surface area contributed by atoms with Crippen LogP contribution < -0.4 is 5.73 Å². The first-order valence-electron chi connectivity index (χ1n) is 8.98. The smallest absolute Gasteiger partial charge is 0.234 e. The minimum absolute atomic E-state index is 0.198. The van der Waals surface area contributed by atoms with Crippen molar-refractivity contribution in [2.75, 3.05) is 18.8 Å². The van der Waals surface area contributed by atoms with Gasteiger partial charge >= 0.3 is 0 Å². The number of anilines is 1. The summed E-state index contributed by atoms with van der Waals surface area (Å²) in [6.45, 7) is 4.28. The SMILES string of the molecule is CC1(C(=O)N2CCCCC2)C=Cc2nc(-c3ccccc3)c(N)n2C1. The van der Waals surface area contributed by atoms with E-state index in [-0.39, 0.29) is 5.91 Å². The molecule has 0 saturated carbocycles. The van der Waals surface area contributed by atoms with Crippen LogP contribution in [0.2, 0.25) is 0 Å². The Bertz CT molecular complexity index is 818. The van der Waals surface area contributed by atoms with Crippen LogP contribution in [0.1, 0.15) is 32.0 Å². The summed E-state index contributed by atoms with van der Waals surface area (Å²) < 4.78 is 1.98. The summed E-state index contributed by atoms with van der Waals surface area (Å²) in [6, 6.07) is 9.95. The minimum atomic E-state index is -0.562. The largest absolute Gasteiger partial charge is 0.383 e. The second kappa shape index (κ2) is 6.06. The van der Waals surface area contributed by atoms with Gasteiger partial charge in [0, 0.05) is 25.2 Å². The molecule has 1 aromatic heterocycles. The summed E-state index contributed by atoms with van der Waals surface area (Å²) in [7, 11) is 0. The van der Waals surface area contributed by atoms with Crippen molar-refractivity contribution in [1.82, 2.24) is 14.5 Å². The average molecular weight is 336 g/mol. The minimum Gasteiger partial charge on any atom is -0.383 e. The Morgan fingerprint density at radius 3 is 2.60 bits per heavy atom. The summed E-state index contributed by atoms with van der Waals surface area (Å²) in [4.78, 5) is 19.8. The highest BCUT2D eigenvalue weighted by molar-refractivity contribution is 5.86. The number of piperidine rings is 1. The number of aromatic nitrogens is 2. The normalized spacial score (nSPS) is 22.7. The Labute approximate surface area is 148 Å². The molecule has 1 fully saturated rings. The lowest BCUT2D eigenvalue weighted by Gasteiger charge is -2.36. The highest BCUT2D eigenvalue weighted by Gasteiger charge is 2.38. The van der Waals surface area contributed by atoms with Gasteiger partial charge in [-0.15, -0.1) is 0 Å². The highest BCUT2D eigenvalue weighted by Crippen LogP contribution is 2.36. The van der Waals surface area contributed by atoms with Crippen LogP contribution in [0.15, 0.2) is 36.4 Å². The molecular formula is C20H24N4O. The molecule has 0 aliphatic carbocycles. The summed E-state index contributed by atoms with van der Waals surface area (Å²) in [6.07, 6.45) is 7.36. The van der Waals surface area contributed by atoms with Crippen molar-refractivity contribution >= 4 is 17.8 Å². The maximum atomic E-state index is 13.1. The highest BCUT2D eigenvalue weighted by atomic mass is 16.2. The van der Waals surface area contributed by atoms with E-state index >= 15 is 0 Å². The van der Waals surface area contributed by atoms with Crippen LogP contribution >= 0.6 is 0 Å². The zero-order chi connectivity index (χ0) is 17.4. The van der Waals surface area contributed by atoms with Crippen LogP contribution in [0, 0.1) is 5.41 Å². The number of carbonyl (C=O) groups excluding carboxylic acids is 1. The van der Waals surface area contributed by atoms with Gasteiger partial charge in [0.1, 0.15) is 17.3 Å². The number of imidazole rings is 1. The molecule has 0 spiro atoms. The number of carbonyl (C=O) groups is 1. The zero-order valence-corrected chi connectivity index (χ0v) is 14.6. The van der Waals surface area contributed by atoms with E-state index < -0.39 is 5.41 Å². The standard InChI is InChI=1S/C20H24N4O/c1-20(19(25)23-12-6-3-7-13-23)11-10-16-22-17(18(21)24(16)14-20)15-8-4-2-5-9-15/h2,4-5,8-11H,3,6-7,12-14,21H2,1H3. The van der Waals surface area contributed by atoms with E-state index in [9.17, 15) is 4.79 Å². The fraction of sp³-hybridized carbons (Fsp3) is 0.400. The maximum Gasteiger partial charge on any atom is 0.234 e. The Kier molecular flexibility index (Phi) is 3.86. The van der Waals surface area contributed by atoms with Crippen LogP contribution in [0.5, 0.6) is 0 Å². The third kappa shape index (κ3) is 2.73. The molecule has 2 aliphatic heterocycles. The molecule has 2 aliphatic rings. The predicted octanol–water partition coefficient (Wildman–Crippen LogP) is 3.18. The molecule has 2 aromatic rings. The number of amides is 1. The molecule has 5 heteroatoms. The van der Waals surface area contributed by atoms with Gasteiger partial charge in [0.05, 0.1) is 5.41 Å². The van der Waals surface area contributed by atoms with E-state index in [1.807, 2.05) is 58.9 Å². The van der Waals surface area contributed by atoms with Crippen molar-refractivity contribution in [2.45, 2.75) is 32.7 Å². The molecule has 1 saturated heterocycles. The molecule has 0 bridgehead atoms. The molecule has 1 atom stereocenters. The zero-order valence-electron chi connectivity index (χ0n) is 14.6. The lowest BCUT2D eigenvalue weighted by atomic mass is 9.85. The van der Waals surface area contributed by atoms with E-state index in [0.29, 0.717) is 12.4 Å². The van der Waals surface area contributed by atoms with Gasteiger partial charge in [-0.25, -0.2) is 4.98 Å². The first kappa shape index (κ1) is 15.9. The Morgan fingerprint density at radius 2 is 1.88 bits per heavy atom. The second-order valence-electron chi connectivity index (χ2n) is 7.26. The van der Waals surface area contributed by atoms with Crippen molar-refractivity contribution in [3.63, 3.8) is 0 Å². The van der Waals surface area contributed by atoms with Crippen LogP contribution in [-0.4, -0.2) is 33.4 Å². The second-order valence-corrected chi connectivity index (χ2v) is 7.26. The van der Waals surface area contributed by atoms with Gasteiger partial charge in [0.2, 0.25) is 5.91 Å². The first-order chi connectivity index (χ1) is 12.1. The van der Waals surface area contributed by atoms with Crippen LogP contribution in [-0.2, 0) is 11.3 Å². The van der Waals surface area contributed by atoms with Gasteiger partial charge in [-0.1, -0.05) is 36.4 Å².